The number of hydrogen-bond acceptors (Lipinski definition) is 3. The van der Waals surface area contributed by atoms with Crippen LogP contribution in [0.15, 0.2) is 22.7 Å². The molecule has 1 N–H and O–H groups in total. The van der Waals surface area contributed by atoms with Gasteiger partial charge in [0.2, 0.25) is 0 Å². The standard InChI is InChI=1S/C14H22BrNO2/c1-5-14(18-4)13(16-2)9-10-8-11(17-3)6-7-12(10)15/h6-8,13-14,16H,5,9H2,1-4H3. The molecule has 0 aliphatic heterocycles. The van der Waals surface area contributed by atoms with Crippen LogP contribution >= 0.6 is 15.9 Å². The molecule has 0 aliphatic carbocycles. The summed E-state index contributed by atoms with van der Waals surface area (Å²) >= 11 is 3.59. The van der Waals surface area contributed by atoms with Crippen molar-refractivity contribution in [1.82, 2.24) is 5.32 Å². The Kier molecular flexibility index (Phi) is 6.68. The van der Waals surface area contributed by atoms with Gasteiger partial charge in [-0.05, 0) is 43.7 Å². The van der Waals surface area contributed by atoms with Crippen molar-refractivity contribution in [3.8, 4) is 5.75 Å². The molecule has 18 heavy (non-hydrogen) atoms. The molecular weight excluding hydrogens is 294 g/mol. The SMILES string of the molecule is CCC(OC)C(Cc1cc(OC)ccc1Br)NC. The number of rotatable bonds is 7. The van der Waals surface area contributed by atoms with Gasteiger partial charge in [0, 0.05) is 17.6 Å². The van der Waals surface area contributed by atoms with E-state index in [-0.39, 0.29) is 6.10 Å². The first-order valence-electron chi connectivity index (χ1n) is 6.18. The van der Waals surface area contributed by atoms with E-state index >= 15 is 0 Å². The Morgan fingerprint density at radius 1 is 1.33 bits per heavy atom. The summed E-state index contributed by atoms with van der Waals surface area (Å²) in [7, 11) is 5.42. The molecule has 4 heteroatoms. The van der Waals surface area contributed by atoms with Crippen molar-refractivity contribution in [3.63, 3.8) is 0 Å². The maximum atomic E-state index is 5.51. The molecule has 1 aromatic rings. The third kappa shape index (κ3) is 3.97. The molecule has 2 atom stereocenters. The highest BCUT2D eigenvalue weighted by Gasteiger charge is 2.19. The Bertz CT molecular complexity index is 367. The highest BCUT2D eigenvalue weighted by molar-refractivity contribution is 9.10. The van der Waals surface area contributed by atoms with E-state index < -0.39 is 0 Å². The van der Waals surface area contributed by atoms with Crippen molar-refractivity contribution in [2.45, 2.75) is 31.9 Å². The van der Waals surface area contributed by atoms with Crippen LogP contribution in [0.4, 0.5) is 0 Å². The first-order chi connectivity index (χ1) is 8.65. The Labute approximate surface area is 118 Å². The minimum atomic E-state index is 0.216. The van der Waals surface area contributed by atoms with Gasteiger partial charge in [-0.3, -0.25) is 0 Å². The number of hydrogen-bond donors (Lipinski definition) is 1. The van der Waals surface area contributed by atoms with Crippen LogP contribution < -0.4 is 10.1 Å². The minimum absolute atomic E-state index is 0.216. The van der Waals surface area contributed by atoms with Gasteiger partial charge in [0.1, 0.15) is 5.75 Å². The van der Waals surface area contributed by atoms with E-state index in [1.54, 1.807) is 14.2 Å². The molecule has 1 rings (SSSR count). The van der Waals surface area contributed by atoms with E-state index in [0.29, 0.717) is 6.04 Å². The molecule has 0 saturated carbocycles. The summed E-state index contributed by atoms with van der Waals surface area (Å²) in [6.45, 7) is 2.14. The van der Waals surface area contributed by atoms with Crippen LogP contribution in [0.25, 0.3) is 0 Å². The maximum absolute atomic E-state index is 5.51. The van der Waals surface area contributed by atoms with E-state index in [1.165, 1.54) is 5.56 Å². The van der Waals surface area contributed by atoms with Gasteiger partial charge in [-0.2, -0.15) is 0 Å². The third-order valence-electron chi connectivity index (χ3n) is 3.22. The number of benzene rings is 1. The average molecular weight is 316 g/mol. The fourth-order valence-electron chi connectivity index (χ4n) is 2.11. The molecule has 0 amide bonds. The summed E-state index contributed by atoms with van der Waals surface area (Å²) in [5, 5.41) is 3.33. The Morgan fingerprint density at radius 2 is 2.06 bits per heavy atom. The monoisotopic (exact) mass is 315 g/mol. The van der Waals surface area contributed by atoms with Crippen LogP contribution in [0, 0.1) is 0 Å². The second-order valence-corrected chi connectivity index (χ2v) is 5.09. The predicted molar refractivity (Wildman–Crippen MR) is 78.3 cm³/mol. The van der Waals surface area contributed by atoms with E-state index in [4.69, 9.17) is 9.47 Å². The molecule has 2 unspecified atom stereocenters. The zero-order chi connectivity index (χ0) is 13.5. The fraction of sp³-hybridized carbons (Fsp3) is 0.571. The molecule has 0 fully saturated rings. The largest absolute Gasteiger partial charge is 0.497 e. The molecule has 0 heterocycles. The van der Waals surface area contributed by atoms with Gasteiger partial charge in [0.25, 0.3) is 0 Å². The lowest BCUT2D eigenvalue weighted by Gasteiger charge is -2.25. The summed E-state index contributed by atoms with van der Waals surface area (Å²) in [4.78, 5) is 0. The summed E-state index contributed by atoms with van der Waals surface area (Å²) in [6, 6.07) is 6.34. The first-order valence-corrected chi connectivity index (χ1v) is 6.98. The number of likely N-dealkylation sites (N-methyl/N-ethyl adjacent to an activating group) is 1. The van der Waals surface area contributed by atoms with Gasteiger partial charge >= 0.3 is 0 Å². The lowest BCUT2D eigenvalue weighted by molar-refractivity contribution is 0.0677. The first kappa shape index (κ1) is 15.5. The van der Waals surface area contributed by atoms with E-state index in [1.807, 2.05) is 19.2 Å². The molecule has 0 aliphatic rings. The number of nitrogens with one attached hydrogen (secondary N) is 1. The smallest absolute Gasteiger partial charge is 0.119 e. The molecule has 1 aromatic carbocycles. The molecule has 3 nitrogen and oxygen atoms in total. The number of ether oxygens (including phenoxy) is 2. The fourth-order valence-corrected chi connectivity index (χ4v) is 2.51. The van der Waals surface area contributed by atoms with Gasteiger partial charge in [0.15, 0.2) is 0 Å². The summed E-state index contributed by atoms with van der Waals surface area (Å²) in [6.07, 6.45) is 2.11. The van der Waals surface area contributed by atoms with Gasteiger partial charge in [-0.25, -0.2) is 0 Å². The molecule has 0 bridgehead atoms. The number of halogens is 1. The van der Waals surface area contributed by atoms with Crippen molar-refractivity contribution in [2.75, 3.05) is 21.3 Å². The van der Waals surface area contributed by atoms with Gasteiger partial charge in [-0.15, -0.1) is 0 Å². The van der Waals surface area contributed by atoms with Crippen molar-refractivity contribution in [1.29, 1.82) is 0 Å². The molecule has 0 aromatic heterocycles. The number of methoxy groups -OCH3 is 2. The second kappa shape index (κ2) is 7.77. The molecule has 0 spiro atoms. The Morgan fingerprint density at radius 3 is 2.56 bits per heavy atom. The lowest BCUT2D eigenvalue weighted by Crippen LogP contribution is -2.40. The molecule has 0 saturated heterocycles. The van der Waals surface area contributed by atoms with E-state index in [0.717, 1.165) is 23.1 Å². The van der Waals surface area contributed by atoms with Gasteiger partial charge in [-0.1, -0.05) is 22.9 Å². The highest BCUT2D eigenvalue weighted by Crippen LogP contribution is 2.24. The summed E-state index contributed by atoms with van der Waals surface area (Å²) in [5.41, 5.74) is 1.23. The van der Waals surface area contributed by atoms with E-state index in [2.05, 4.69) is 34.2 Å². The van der Waals surface area contributed by atoms with E-state index in [9.17, 15) is 0 Å². The molecular formula is C14H22BrNO2. The summed E-state index contributed by atoms with van der Waals surface area (Å²) in [5.74, 6) is 0.883. The summed E-state index contributed by atoms with van der Waals surface area (Å²) < 4.78 is 11.9. The topological polar surface area (TPSA) is 30.5 Å². The predicted octanol–water partition coefficient (Wildman–Crippen LogP) is 3.01. The van der Waals surface area contributed by atoms with Crippen molar-refractivity contribution >= 4 is 15.9 Å². The normalized spacial score (nSPS) is 14.3. The molecule has 102 valence electrons. The minimum Gasteiger partial charge on any atom is -0.497 e. The van der Waals surface area contributed by atoms with Gasteiger partial charge < -0.3 is 14.8 Å². The van der Waals surface area contributed by atoms with Crippen LogP contribution in [-0.2, 0) is 11.2 Å². The van der Waals surface area contributed by atoms with Crippen LogP contribution in [-0.4, -0.2) is 33.4 Å². The van der Waals surface area contributed by atoms with Crippen molar-refractivity contribution in [3.05, 3.63) is 28.2 Å². The highest BCUT2D eigenvalue weighted by atomic mass is 79.9. The average Bonchev–Trinajstić information content (AvgIpc) is 2.40. The van der Waals surface area contributed by atoms with Crippen molar-refractivity contribution in [2.24, 2.45) is 0 Å². The zero-order valence-corrected chi connectivity index (χ0v) is 13.1. The third-order valence-corrected chi connectivity index (χ3v) is 3.99. The van der Waals surface area contributed by atoms with Crippen molar-refractivity contribution < 1.29 is 9.47 Å². The maximum Gasteiger partial charge on any atom is 0.119 e. The Balaban J connectivity index is 2.86. The van der Waals surface area contributed by atoms with Crippen LogP contribution in [0.1, 0.15) is 18.9 Å². The van der Waals surface area contributed by atoms with Crippen LogP contribution in [0.3, 0.4) is 0 Å². The quantitative estimate of drug-likeness (QED) is 0.839. The van der Waals surface area contributed by atoms with Crippen LogP contribution in [0.5, 0.6) is 5.75 Å². The van der Waals surface area contributed by atoms with Gasteiger partial charge in [0.05, 0.1) is 13.2 Å². The lowest BCUT2D eigenvalue weighted by atomic mass is 9.99. The Hall–Kier alpha value is -0.580. The zero-order valence-electron chi connectivity index (χ0n) is 11.5. The second-order valence-electron chi connectivity index (χ2n) is 4.24. The van der Waals surface area contributed by atoms with Crippen LogP contribution in [0.2, 0.25) is 0 Å². The molecule has 0 radical (unpaired) electrons.